The standard InChI is InChI=1S/C20H21F2N3O4S/c1-4-29-20(26)17-16(23)15-12(18(21)22)8-14(25-19(15)30-17)24-9-10-5-6-11(27-2)7-13(10)28-3/h5-8,18H,4,9,23H2,1-3H3,(H,24,25). The highest BCUT2D eigenvalue weighted by molar-refractivity contribution is 7.21. The molecule has 0 spiro atoms. The van der Waals surface area contributed by atoms with Crippen molar-refractivity contribution in [1.82, 2.24) is 4.98 Å². The Morgan fingerprint density at radius 2 is 2.03 bits per heavy atom. The monoisotopic (exact) mass is 437 g/mol. The van der Waals surface area contributed by atoms with E-state index in [1.54, 1.807) is 32.2 Å². The van der Waals surface area contributed by atoms with E-state index in [0.717, 1.165) is 16.9 Å². The van der Waals surface area contributed by atoms with E-state index in [0.29, 0.717) is 11.5 Å². The smallest absolute Gasteiger partial charge is 0.350 e. The van der Waals surface area contributed by atoms with Gasteiger partial charge in [-0.2, -0.15) is 0 Å². The third-order valence-corrected chi connectivity index (χ3v) is 5.46. The molecule has 0 aliphatic heterocycles. The van der Waals surface area contributed by atoms with Crippen LogP contribution in [0.5, 0.6) is 11.5 Å². The first-order valence-electron chi connectivity index (χ1n) is 9.02. The molecule has 10 heteroatoms. The lowest BCUT2D eigenvalue weighted by atomic mass is 10.1. The Kier molecular flexibility index (Phi) is 6.56. The number of aromatic nitrogens is 1. The van der Waals surface area contributed by atoms with Gasteiger partial charge in [-0.1, -0.05) is 0 Å². The molecule has 0 unspecified atom stereocenters. The Morgan fingerprint density at radius 3 is 2.67 bits per heavy atom. The number of carbonyl (C=O) groups excluding carboxylic acids is 1. The number of carbonyl (C=O) groups is 1. The molecule has 3 N–H and O–H groups in total. The minimum absolute atomic E-state index is 0.0420. The lowest BCUT2D eigenvalue weighted by molar-refractivity contribution is 0.0533. The summed E-state index contributed by atoms with van der Waals surface area (Å²) in [5.74, 6) is 0.792. The summed E-state index contributed by atoms with van der Waals surface area (Å²) in [7, 11) is 3.08. The minimum atomic E-state index is -2.79. The molecule has 3 rings (SSSR count). The van der Waals surface area contributed by atoms with E-state index in [-0.39, 0.29) is 45.3 Å². The zero-order valence-corrected chi connectivity index (χ0v) is 17.4. The zero-order valence-electron chi connectivity index (χ0n) is 16.6. The largest absolute Gasteiger partial charge is 0.497 e. The highest BCUT2D eigenvalue weighted by Crippen LogP contribution is 2.40. The van der Waals surface area contributed by atoms with Crippen molar-refractivity contribution >= 4 is 39.0 Å². The van der Waals surface area contributed by atoms with Gasteiger partial charge in [-0.05, 0) is 25.1 Å². The van der Waals surface area contributed by atoms with E-state index in [2.05, 4.69) is 10.3 Å². The summed E-state index contributed by atoms with van der Waals surface area (Å²) < 4.78 is 42.9. The lowest BCUT2D eigenvalue weighted by Gasteiger charge is -2.13. The molecule has 0 aliphatic carbocycles. The van der Waals surface area contributed by atoms with E-state index >= 15 is 0 Å². The summed E-state index contributed by atoms with van der Waals surface area (Å²) in [6, 6.07) is 6.54. The maximum absolute atomic E-state index is 13.7. The van der Waals surface area contributed by atoms with Crippen LogP contribution in [0.2, 0.25) is 0 Å². The van der Waals surface area contributed by atoms with Crippen molar-refractivity contribution in [3.8, 4) is 11.5 Å². The van der Waals surface area contributed by atoms with Gasteiger partial charge in [-0.15, -0.1) is 11.3 Å². The van der Waals surface area contributed by atoms with E-state index in [9.17, 15) is 13.6 Å². The fourth-order valence-corrected chi connectivity index (χ4v) is 3.97. The molecule has 2 heterocycles. The molecule has 0 bridgehead atoms. The molecule has 0 radical (unpaired) electrons. The van der Waals surface area contributed by atoms with E-state index in [4.69, 9.17) is 19.9 Å². The van der Waals surface area contributed by atoms with E-state index < -0.39 is 12.4 Å². The topological polar surface area (TPSA) is 95.7 Å². The first-order valence-corrected chi connectivity index (χ1v) is 9.84. The molecule has 7 nitrogen and oxygen atoms in total. The van der Waals surface area contributed by atoms with Crippen molar-refractivity contribution in [2.45, 2.75) is 19.9 Å². The number of anilines is 2. The van der Waals surface area contributed by atoms with Gasteiger partial charge in [-0.3, -0.25) is 0 Å². The summed E-state index contributed by atoms with van der Waals surface area (Å²) in [4.78, 5) is 16.8. The van der Waals surface area contributed by atoms with Gasteiger partial charge in [-0.25, -0.2) is 18.6 Å². The van der Waals surface area contributed by atoms with Crippen LogP contribution in [0, 0.1) is 0 Å². The van der Waals surface area contributed by atoms with Gasteiger partial charge in [0.05, 0.1) is 26.5 Å². The van der Waals surface area contributed by atoms with E-state index in [1.165, 1.54) is 13.2 Å². The molecule has 0 aliphatic rings. The number of pyridine rings is 1. The number of fused-ring (bicyclic) bond motifs is 1. The molecule has 1 aromatic carbocycles. The first-order chi connectivity index (χ1) is 14.4. The Morgan fingerprint density at radius 1 is 1.27 bits per heavy atom. The number of nitrogens with zero attached hydrogens (tertiary/aromatic N) is 1. The number of ether oxygens (including phenoxy) is 3. The highest BCUT2D eigenvalue weighted by Gasteiger charge is 2.24. The number of methoxy groups -OCH3 is 2. The normalized spacial score (nSPS) is 11.0. The number of nitrogen functional groups attached to an aromatic ring is 1. The number of alkyl halides is 2. The number of halogens is 2. The van der Waals surface area contributed by atoms with Crippen LogP contribution < -0.4 is 20.5 Å². The van der Waals surface area contributed by atoms with Crippen LogP contribution in [0.25, 0.3) is 10.2 Å². The van der Waals surface area contributed by atoms with Crippen LogP contribution in [0.4, 0.5) is 20.3 Å². The maximum atomic E-state index is 13.7. The lowest BCUT2D eigenvalue weighted by Crippen LogP contribution is -2.05. The third kappa shape index (κ3) is 4.23. The minimum Gasteiger partial charge on any atom is -0.497 e. The molecule has 0 saturated heterocycles. The molecule has 2 aromatic heterocycles. The molecule has 3 aromatic rings. The van der Waals surface area contributed by atoms with Crippen LogP contribution in [-0.2, 0) is 11.3 Å². The second kappa shape index (κ2) is 9.12. The van der Waals surface area contributed by atoms with Crippen molar-refractivity contribution in [2.75, 3.05) is 31.9 Å². The summed E-state index contributed by atoms with van der Waals surface area (Å²) in [6.07, 6.45) is -2.79. The van der Waals surface area contributed by atoms with Crippen LogP contribution in [0.15, 0.2) is 24.3 Å². The summed E-state index contributed by atoms with van der Waals surface area (Å²) in [6.45, 7) is 2.08. The van der Waals surface area contributed by atoms with Gasteiger partial charge in [0.1, 0.15) is 27.0 Å². The SMILES string of the molecule is CCOC(=O)c1sc2nc(NCc3ccc(OC)cc3OC)cc(C(F)F)c2c1N. The predicted molar refractivity (Wildman–Crippen MR) is 112 cm³/mol. The Hall–Kier alpha value is -3.14. The quantitative estimate of drug-likeness (QED) is 0.496. The predicted octanol–water partition coefficient (Wildman–Crippen LogP) is 4.62. The van der Waals surface area contributed by atoms with Crippen molar-refractivity contribution in [3.63, 3.8) is 0 Å². The summed E-state index contributed by atoms with van der Waals surface area (Å²) in [5.41, 5.74) is 6.43. The van der Waals surface area contributed by atoms with Crippen LogP contribution in [0.3, 0.4) is 0 Å². The Bertz CT molecular complexity index is 1070. The number of nitrogens with two attached hydrogens (primary N) is 1. The van der Waals surface area contributed by atoms with Gasteiger partial charge in [0.25, 0.3) is 6.43 Å². The summed E-state index contributed by atoms with van der Waals surface area (Å²) >= 11 is 0.927. The molecule has 0 amide bonds. The van der Waals surface area contributed by atoms with Crippen molar-refractivity contribution < 1.29 is 27.8 Å². The summed E-state index contributed by atoms with van der Waals surface area (Å²) in [5, 5.41) is 3.10. The molecule has 0 fully saturated rings. The zero-order chi connectivity index (χ0) is 21.8. The Balaban J connectivity index is 1.96. The van der Waals surface area contributed by atoms with Crippen molar-refractivity contribution in [1.29, 1.82) is 0 Å². The number of thiophene rings is 1. The number of esters is 1. The fourth-order valence-electron chi connectivity index (χ4n) is 2.94. The van der Waals surface area contributed by atoms with Gasteiger partial charge < -0.3 is 25.3 Å². The molecule has 30 heavy (non-hydrogen) atoms. The number of rotatable bonds is 8. The molecular formula is C20H21F2N3O4S. The Labute approximate surface area is 175 Å². The highest BCUT2D eigenvalue weighted by atomic mass is 32.1. The van der Waals surface area contributed by atoms with Gasteiger partial charge in [0, 0.05) is 29.1 Å². The number of benzene rings is 1. The maximum Gasteiger partial charge on any atom is 0.350 e. The van der Waals surface area contributed by atoms with Crippen molar-refractivity contribution in [3.05, 3.63) is 40.3 Å². The van der Waals surface area contributed by atoms with Crippen molar-refractivity contribution in [2.24, 2.45) is 0 Å². The van der Waals surface area contributed by atoms with Crippen LogP contribution >= 0.6 is 11.3 Å². The number of nitrogens with one attached hydrogen (secondary N) is 1. The molecular weight excluding hydrogens is 416 g/mol. The molecule has 0 saturated carbocycles. The second-order valence-electron chi connectivity index (χ2n) is 6.17. The van der Waals surface area contributed by atoms with Crippen LogP contribution in [-0.4, -0.2) is 31.8 Å². The number of hydrogen-bond acceptors (Lipinski definition) is 8. The molecule has 0 atom stereocenters. The second-order valence-corrected chi connectivity index (χ2v) is 7.17. The van der Waals surface area contributed by atoms with Gasteiger partial charge in [0.15, 0.2) is 0 Å². The molecule has 160 valence electrons. The van der Waals surface area contributed by atoms with E-state index in [1.807, 2.05) is 0 Å². The average Bonchev–Trinajstić information content (AvgIpc) is 3.08. The first kappa shape index (κ1) is 21.6. The van der Waals surface area contributed by atoms with Gasteiger partial charge in [0.2, 0.25) is 0 Å². The number of hydrogen-bond donors (Lipinski definition) is 2. The average molecular weight is 437 g/mol. The van der Waals surface area contributed by atoms with Crippen LogP contribution in [0.1, 0.15) is 34.1 Å². The van der Waals surface area contributed by atoms with Gasteiger partial charge >= 0.3 is 5.97 Å². The fraction of sp³-hybridized carbons (Fsp3) is 0.300. The third-order valence-electron chi connectivity index (χ3n) is 4.38.